The fourth-order valence-corrected chi connectivity index (χ4v) is 1.78. The van der Waals surface area contributed by atoms with Crippen LogP contribution >= 0.6 is 12.2 Å². The fourth-order valence-electron chi connectivity index (χ4n) is 1.52. The maximum atomic E-state index is 11.5. The molecule has 84 valence electrons. The Bertz CT molecular complexity index is 622. The van der Waals surface area contributed by atoms with Crippen molar-refractivity contribution in [3.8, 4) is 11.4 Å². The summed E-state index contributed by atoms with van der Waals surface area (Å²) in [6, 6.07) is 3.40. The zero-order valence-electron chi connectivity index (χ0n) is 9.10. The van der Waals surface area contributed by atoms with Gasteiger partial charge in [-0.25, -0.2) is 0 Å². The van der Waals surface area contributed by atoms with Gasteiger partial charge in [-0.1, -0.05) is 0 Å². The predicted octanol–water partition coefficient (Wildman–Crippen LogP) is 1.33. The smallest absolute Gasteiger partial charge is 0.250 e. The molecule has 0 atom stereocenters. The van der Waals surface area contributed by atoms with Crippen LogP contribution in [0.25, 0.3) is 11.4 Å². The zero-order valence-corrected chi connectivity index (χ0v) is 9.91. The summed E-state index contributed by atoms with van der Waals surface area (Å²) in [4.78, 5) is 11.5. The average molecular weight is 236 g/mol. The molecule has 0 saturated carbocycles. The highest BCUT2D eigenvalue weighted by molar-refractivity contribution is 7.71. The Morgan fingerprint density at radius 3 is 2.94 bits per heavy atom. The van der Waals surface area contributed by atoms with Crippen molar-refractivity contribution in [3.63, 3.8) is 0 Å². The lowest BCUT2D eigenvalue weighted by atomic mass is 10.2. The highest BCUT2D eigenvalue weighted by atomic mass is 32.1. The van der Waals surface area contributed by atoms with Crippen LogP contribution in [-0.4, -0.2) is 19.3 Å². The summed E-state index contributed by atoms with van der Waals surface area (Å²) in [5, 5.41) is 6.85. The van der Waals surface area contributed by atoms with Gasteiger partial charge in [-0.15, -0.1) is 0 Å². The van der Waals surface area contributed by atoms with Crippen molar-refractivity contribution in [2.45, 2.75) is 13.5 Å². The van der Waals surface area contributed by atoms with E-state index in [2.05, 4.69) is 10.2 Å². The number of aromatic nitrogens is 4. The molecule has 0 aliphatic rings. The number of nitrogens with zero attached hydrogens (tertiary/aromatic N) is 3. The van der Waals surface area contributed by atoms with E-state index in [1.54, 1.807) is 19.3 Å². The first kappa shape index (κ1) is 10.8. The predicted molar refractivity (Wildman–Crippen MR) is 63.8 cm³/mol. The molecule has 0 unspecified atom stereocenters. The number of aryl methyl sites for hydroxylation is 1. The van der Waals surface area contributed by atoms with Crippen LogP contribution in [-0.2, 0) is 13.6 Å². The van der Waals surface area contributed by atoms with Crippen LogP contribution in [0.2, 0.25) is 0 Å². The van der Waals surface area contributed by atoms with Crippen molar-refractivity contribution in [1.82, 2.24) is 19.3 Å². The molecule has 1 N–H and O–H groups in total. The molecule has 6 heteroatoms. The van der Waals surface area contributed by atoms with Crippen molar-refractivity contribution in [1.29, 1.82) is 0 Å². The second-order valence-electron chi connectivity index (χ2n) is 3.46. The molecule has 16 heavy (non-hydrogen) atoms. The molecule has 2 aromatic heterocycles. The van der Waals surface area contributed by atoms with Crippen LogP contribution < -0.4 is 5.56 Å². The monoisotopic (exact) mass is 236 g/mol. The minimum Gasteiger partial charge on any atom is -0.319 e. The van der Waals surface area contributed by atoms with Crippen LogP contribution in [0.15, 0.2) is 23.1 Å². The van der Waals surface area contributed by atoms with Gasteiger partial charge in [0.15, 0.2) is 10.6 Å². The van der Waals surface area contributed by atoms with Gasteiger partial charge in [0.1, 0.15) is 0 Å². The Morgan fingerprint density at radius 1 is 1.56 bits per heavy atom. The molecule has 0 spiro atoms. The lowest BCUT2D eigenvalue weighted by Crippen LogP contribution is -2.14. The first-order chi connectivity index (χ1) is 7.63. The number of aromatic amines is 1. The topological polar surface area (TPSA) is 55.6 Å². The largest absolute Gasteiger partial charge is 0.319 e. The van der Waals surface area contributed by atoms with Crippen LogP contribution in [0.4, 0.5) is 0 Å². The van der Waals surface area contributed by atoms with Crippen LogP contribution in [0.3, 0.4) is 0 Å². The third kappa shape index (κ3) is 1.71. The lowest BCUT2D eigenvalue weighted by molar-refractivity contribution is 0.754. The normalized spacial score (nSPS) is 10.6. The Kier molecular flexibility index (Phi) is 2.74. The van der Waals surface area contributed by atoms with Crippen molar-refractivity contribution < 1.29 is 0 Å². The van der Waals surface area contributed by atoms with E-state index in [4.69, 9.17) is 12.2 Å². The minimum absolute atomic E-state index is 0.0610. The van der Waals surface area contributed by atoms with Gasteiger partial charge < -0.3 is 9.13 Å². The summed E-state index contributed by atoms with van der Waals surface area (Å²) in [7, 11) is 1.71. The molecule has 0 saturated heterocycles. The molecule has 0 amide bonds. The molecule has 0 aliphatic heterocycles. The lowest BCUT2D eigenvalue weighted by Gasteiger charge is -2.03. The summed E-state index contributed by atoms with van der Waals surface area (Å²) in [6.45, 7) is 2.70. The third-order valence-corrected chi connectivity index (χ3v) is 2.75. The van der Waals surface area contributed by atoms with E-state index in [9.17, 15) is 4.79 Å². The molecule has 0 radical (unpaired) electrons. The minimum atomic E-state index is -0.0610. The van der Waals surface area contributed by atoms with Crippen molar-refractivity contribution in [2.75, 3.05) is 0 Å². The summed E-state index contributed by atoms with van der Waals surface area (Å²) in [5.41, 5.74) is 0.714. The van der Waals surface area contributed by atoms with Gasteiger partial charge in [-0.05, 0) is 25.2 Å². The maximum absolute atomic E-state index is 11.5. The van der Waals surface area contributed by atoms with Gasteiger partial charge in [-0.3, -0.25) is 9.89 Å². The van der Waals surface area contributed by atoms with Crippen molar-refractivity contribution in [3.05, 3.63) is 33.5 Å². The van der Waals surface area contributed by atoms with E-state index in [0.717, 1.165) is 12.1 Å². The van der Waals surface area contributed by atoms with Gasteiger partial charge >= 0.3 is 0 Å². The summed E-state index contributed by atoms with van der Waals surface area (Å²) >= 11 is 5.09. The highest BCUT2D eigenvalue weighted by Crippen LogP contribution is 2.14. The number of pyridine rings is 1. The fraction of sp³-hybridized carbons (Fsp3) is 0.300. The average Bonchev–Trinajstić information content (AvgIpc) is 2.63. The molecule has 0 aromatic carbocycles. The molecule has 2 heterocycles. The van der Waals surface area contributed by atoms with E-state index in [1.807, 2.05) is 17.6 Å². The van der Waals surface area contributed by atoms with Gasteiger partial charge in [0.25, 0.3) is 5.56 Å². The van der Waals surface area contributed by atoms with E-state index in [0.29, 0.717) is 10.6 Å². The molecule has 0 fully saturated rings. The number of rotatable bonds is 2. The van der Waals surface area contributed by atoms with E-state index < -0.39 is 0 Å². The molecular formula is C10H12N4OS. The Hall–Kier alpha value is -1.69. The Morgan fingerprint density at radius 2 is 2.31 bits per heavy atom. The number of H-pyrrole nitrogens is 1. The van der Waals surface area contributed by atoms with Gasteiger partial charge in [0.05, 0.1) is 0 Å². The molecule has 0 bridgehead atoms. The quantitative estimate of drug-likeness (QED) is 0.800. The van der Waals surface area contributed by atoms with Crippen LogP contribution in [0, 0.1) is 4.77 Å². The summed E-state index contributed by atoms with van der Waals surface area (Å²) in [6.07, 6.45) is 1.72. The van der Waals surface area contributed by atoms with Crippen LogP contribution in [0.5, 0.6) is 0 Å². The second-order valence-corrected chi connectivity index (χ2v) is 3.85. The number of nitrogens with one attached hydrogen (secondary N) is 1. The Balaban J connectivity index is 2.63. The van der Waals surface area contributed by atoms with E-state index >= 15 is 0 Å². The molecular weight excluding hydrogens is 224 g/mol. The number of hydrogen-bond donors (Lipinski definition) is 1. The van der Waals surface area contributed by atoms with Gasteiger partial charge in [-0.2, -0.15) is 5.10 Å². The maximum Gasteiger partial charge on any atom is 0.250 e. The summed E-state index contributed by atoms with van der Waals surface area (Å²) in [5.74, 6) is 0.699. The highest BCUT2D eigenvalue weighted by Gasteiger charge is 2.07. The molecule has 0 aliphatic carbocycles. The van der Waals surface area contributed by atoms with Crippen LogP contribution in [0.1, 0.15) is 6.92 Å². The van der Waals surface area contributed by atoms with E-state index in [1.165, 1.54) is 4.57 Å². The second kappa shape index (κ2) is 4.05. The molecule has 5 nitrogen and oxygen atoms in total. The number of hydrogen-bond acceptors (Lipinski definition) is 3. The Labute approximate surface area is 97.4 Å². The SMILES string of the molecule is CCn1c(-c2ccn(C)c(=O)c2)n[nH]c1=S. The standard InChI is InChI=1S/C10H12N4OS/c1-3-14-9(11-12-10(14)16)7-4-5-13(2)8(15)6-7/h4-6H,3H2,1-2H3,(H,12,16). The van der Waals surface area contributed by atoms with Gasteiger partial charge in [0, 0.05) is 31.4 Å². The summed E-state index contributed by atoms with van der Waals surface area (Å²) < 4.78 is 3.93. The van der Waals surface area contributed by atoms with Crippen molar-refractivity contribution >= 4 is 12.2 Å². The van der Waals surface area contributed by atoms with E-state index in [-0.39, 0.29) is 5.56 Å². The first-order valence-electron chi connectivity index (χ1n) is 4.95. The third-order valence-electron chi connectivity index (χ3n) is 2.44. The van der Waals surface area contributed by atoms with Crippen molar-refractivity contribution in [2.24, 2.45) is 7.05 Å². The van der Waals surface area contributed by atoms with Gasteiger partial charge in [0.2, 0.25) is 0 Å². The zero-order chi connectivity index (χ0) is 11.7. The first-order valence-corrected chi connectivity index (χ1v) is 5.36. The molecule has 2 aromatic rings. The molecule has 2 rings (SSSR count).